The molecule has 6 heteroatoms. The van der Waals surface area contributed by atoms with Crippen molar-refractivity contribution in [2.24, 2.45) is 7.05 Å². The number of aromatic carboxylic acids is 1. The Bertz CT molecular complexity index is 1350. The number of pyridine rings is 1. The van der Waals surface area contributed by atoms with Gasteiger partial charge in [0, 0.05) is 25.1 Å². The quantitative estimate of drug-likeness (QED) is 0.532. The summed E-state index contributed by atoms with van der Waals surface area (Å²) in [7, 11) is 1.89. The lowest BCUT2D eigenvalue weighted by Gasteiger charge is -2.09. The maximum atomic E-state index is 11.6. The van der Waals surface area contributed by atoms with Crippen molar-refractivity contribution in [3.05, 3.63) is 82.8 Å². The number of carboxylic acids is 1. The maximum absolute atomic E-state index is 11.6. The fourth-order valence-electron chi connectivity index (χ4n) is 4.02. The summed E-state index contributed by atoms with van der Waals surface area (Å²) in [5, 5.41) is 15.2. The summed E-state index contributed by atoms with van der Waals surface area (Å²) < 4.78 is 8.01. The van der Waals surface area contributed by atoms with E-state index in [1.807, 2.05) is 67.2 Å². The second-order valence-electron chi connectivity index (χ2n) is 7.37. The lowest BCUT2D eigenvalue weighted by Crippen LogP contribution is -2.04. The normalized spacial score (nSPS) is 12.7. The Morgan fingerprint density at radius 3 is 2.70 bits per heavy atom. The molecule has 0 amide bonds. The molecule has 0 spiro atoms. The predicted molar refractivity (Wildman–Crippen MR) is 115 cm³/mol. The third-order valence-corrected chi connectivity index (χ3v) is 5.44. The minimum Gasteiger partial charge on any atom is -0.478 e. The minimum absolute atomic E-state index is 0.293. The number of nitrogens with zero attached hydrogens (tertiary/aromatic N) is 3. The van der Waals surface area contributed by atoms with E-state index in [-0.39, 0.29) is 0 Å². The third kappa shape index (κ3) is 2.85. The smallest absolute Gasteiger partial charge is 0.336 e. The molecule has 0 atom stereocenters. The van der Waals surface area contributed by atoms with Crippen molar-refractivity contribution in [2.45, 2.75) is 13.3 Å². The number of para-hydroxylation sites is 1. The van der Waals surface area contributed by atoms with Gasteiger partial charge in [-0.05, 0) is 47.9 Å². The van der Waals surface area contributed by atoms with E-state index in [4.69, 9.17) is 9.84 Å². The number of carbonyl (C=O) groups is 1. The van der Waals surface area contributed by atoms with Gasteiger partial charge >= 0.3 is 5.97 Å². The fourth-order valence-corrected chi connectivity index (χ4v) is 4.02. The number of benzene rings is 2. The van der Waals surface area contributed by atoms with Gasteiger partial charge in [0.2, 0.25) is 0 Å². The number of allylic oxidation sites excluding steroid dienone is 1. The van der Waals surface area contributed by atoms with Crippen LogP contribution in [0.5, 0.6) is 11.5 Å². The highest BCUT2D eigenvalue weighted by Crippen LogP contribution is 2.38. The van der Waals surface area contributed by atoms with Crippen LogP contribution in [0.3, 0.4) is 0 Å². The van der Waals surface area contributed by atoms with E-state index >= 15 is 0 Å². The third-order valence-electron chi connectivity index (χ3n) is 5.44. The van der Waals surface area contributed by atoms with Crippen LogP contribution in [0.2, 0.25) is 0 Å². The van der Waals surface area contributed by atoms with E-state index in [1.165, 1.54) is 6.20 Å². The first kappa shape index (κ1) is 18.1. The Hall–Kier alpha value is -3.93. The van der Waals surface area contributed by atoms with Crippen molar-refractivity contribution in [1.29, 1.82) is 0 Å². The minimum atomic E-state index is -0.938. The summed E-state index contributed by atoms with van der Waals surface area (Å²) in [5.74, 6) is 0.538. The van der Waals surface area contributed by atoms with Crippen molar-refractivity contribution in [1.82, 2.24) is 14.8 Å². The van der Waals surface area contributed by atoms with E-state index in [1.54, 1.807) is 6.07 Å². The number of rotatable bonds is 4. The zero-order valence-electron chi connectivity index (χ0n) is 16.6. The molecule has 4 aromatic rings. The predicted octanol–water partition coefficient (Wildman–Crippen LogP) is 4.86. The van der Waals surface area contributed by atoms with Gasteiger partial charge in [-0.25, -0.2) is 4.79 Å². The zero-order valence-corrected chi connectivity index (χ0v) is 16.6. The van der Waals surface area contributed by atoms with Crippen LogP contribution in [0.4, 0.5) is 0 Å². The molecule has 1 aliphatic rings. The molecule has 0 fully saturated rings. The highest BCUT2D eigenvalue weighted by molar-refractivity contribution is 6.01. The first-order chi connectivity index (χ1) is 14.5. The van der Waals surface area contributed by atoms with E-state index in [9.17, 15) is 9.90 Å². The lowest BCUT2D eigenvalue weighted by atomic mass is 10.0. The molecule has 30 heavy (non-hydrogen) atoms. The van der Waals surface area contributed by atoms with Gasteiger partial charge in [-0.2, -0.15) is 5.10 Å². The van der Waals surface area contributed by atoms with Crippen LogP contribution in [-0.4, -0.2) is 25.8 Å². The van der Waals surface area contributed by atoms with Gasteiger partial charge < -0.3 is 9.84 Å². The maximum Gasteiger partial charge on any atom is 0.336 e. The Kier molecular flexibility index (Phi) is 4.13. The molecule has 2 aromatic heterocycles. The lowest BCUT2D eigenvalue weighted by molar-refractivity contribution is 0.0695. The van der Waals surface area contributed by atoms with Crippen LogP contribution in [0.25, 0.3) is 22.6 Å². The largest absolute Gasteiger partial charge is 0.478 e. The standard InChI is InChI=1S/C24H19N3O3/c1-14-6-3-4-8-20(14)30-21-9-5-7-17-22(21)26-27(2)23(17)15-12-18-16(24(28)29)10-11-25-19(18)13-15/h3-11,13H,12H2,1-2H3,(H,28,29). The van der Waals surface area contributed by atoms with Crippen molar-refractivity contribution >= 4 is 28.5 Å². The SMILES string of the molecule is Cc1ccccc1Oc1cccc2c(C3=Cc4nccc(C(=O)O)c4C3)n(C)nc12. The molecular weight excluding hydrogens is 378 g/mol. The highest BCUT2D eigenvalue weighted by atomic mass is 16.5. The second kappa shape index (κ2) is 6.84. The molecular formula is C24H19N3O3. The number of hydrogen-bond acceptors (Lipinski definition) is 4. The molecule has 1 N–H and O–H groups in total. The van der Waals surface area contributed by atoms with Gasteiger partial charge in [-0.1, -0.05) is 30.3 Å². The van der Waals surface area contributed by atoms with E-state index < -0.39 is 5.97 Å². The van der Waals surface area contributed by atoms with Gasteiger partial charge in [-0.15, -0.1) is 0 Å². The van der Waals surface area contributed by atoms with Crippen molar-refractivity contribution in [3.63, 3.8) is 0 Å². The van der Waals surface area contributed by atoms with Gasteiger partial charge in [0.05, 0.1) is 17.0 Å². The van der Waals surface area contributed by atoms with Crippen molar-refractivity contribution in [2.75, 3.05) is 0 Å². The van der Waals surface area contributed by atoms with Gasteiger partial charge in [0.15, 0.2) is 5.75 Å². The summed E-state index contributed by atoms with van der Waals surface area (Å²) >= 11 is 0. The number of carboxylic acid groups (broad SMARTS) is 1. The van der Waals surface area contributed by atoms with Gasteiger partial charge in [0.1, 0.15) is 11.3 Å². The van der Waals surface area contributed by atoms with E-state index in [0.29, 0.717) is 23.4 Å². The Morgan fingerprint density at radius 2 is 1.90 bits per heavy atom. The average Bonchev–Trinajstić information content (AvgIpc) is 3.29. The molecule has 2 aromatic carbocycles. The summed E-state index contributed by atoms with van der Waals surface area (Å²) in [6.07, 6.45) is 3.99. The van der Waals surface area contributed by atoms with Gasteiger partial charge in [-0.3, -0.25) is 9.67 Å². The Morgan fingerprint density at radius 1 is 1.10 bits per heavy atom. The van der Waals surface area contributed by atoms with Crippen LogP contribution in [-0.2, 0) is 13.5 Å². The molecule has 0 unspecified atom stereocenters. The fraction of sp³-hybridized carbons (Fsp3) is 0.125. The number of ether oxygens (including phenoxy) is 1. The van der Waals surface area contributed by atoms with Crippen LogP contribution < -0.4 is 4.74 Å². The molecule has 1 aliphatic carbocycles. The molecule has 2 heterocycles. The van der Waals surface area contributed by atoms with Crippen molar-refractivity contribution < 1.29 is 14.6 Å². The molecule has 5 rings (SSSR count). The summed E-state index contributed by atoms with van der Waals surface area (Å²) in [4.78, 5) is 16.0. The monoisotopic (exact) mass is 397 g/mol. The van der Waals surface area contributed by atoms with E-state index in [2.05, 4.69) is 4.98 Å². The molecule has 148 valence electrons. The van der Waals surface area contributed by atoms with Crippen LogP contribution >= 0.6 is 0 Å². The highest BCUT2D eigenvalue weighted by Gasteiger charge is 2.25. The van der Waals surface area contributed by atoms with Gasteiger partial charge in [0.25, 0.3) is 0 Å². The van der Waals surface area contributed by atoms with Crippen LogP contribution in [0, 0.1) is 6.92 Å². The van der Waals surface area contributed by atoms with E-state index in [0.717, 1.165) is 39.0 Å². The summed E-state index contributed by atoms with van der Waals surface area (Å²) in [6, 6.07) is 15.3. The first-order valence-electron chi connectivity index (χ1n) is 9.64. The molecule has 0 saturated carbocycles. The van der Waals surface area contributed by atoms with Crippen molar-refractivity contribution in [3.8, 4) is 11.5 Å². The molecule has 0 bridgehead atoms. The van der Waals surface area contributed by atoms with Crippen LogP contribution in [0.1, 0.15) is 32.9 Å². The number of aryl methyl sites for hydroxylation is 2. The summed E-state index contributed by atoms with van der Waals surface area (Å²) in [5.41, 5.74) is 5.47. The molecule has 0 aliphatic heterocycles. The molecule has 0 radical (unpaired) electrons. The molecule has 6 nitrogen and oxygen atoms in total. The number of aromatic nitrogens is 3. The number of fused-ring (bicyclic) bond motifs is 2. The van der Waals surface area contributed by atoms with Crippen LogP contribution in [0.15, 0.2) is 54.7 Å². The molecule has 0 saturated heterocycles. The summed E-state index contributed by atoms with van der Waals surface area (Å²) in [6.45, 7) is 2.01. The topological polar surface area (TPSA) is 77.2 Å². The average molecular weight is 397 g/mol. The first-order valence-corrected chi connectivity index (χ1v) is 9.64. The Labute approximate surface area is 173 Å². The number of hydrogen-bond donors (Lipinski definition) is 1. The zero-order chi connectivity index (χ0) is 20.8. The second-order valence-corrected chi connectivity index (χ2v) is 7.37. The Balaban J connectivity index is 1.59.